The topological polar surface area (TPSA) is 55.6 Å². The number of carbonyl (C=O) groups is 1. The van der Waals surface area contributed by atoms with Crippen LogP contribution in [0.5, 0.6) is 5.75 Å². The van der Waals surface area contributed by atoms with Crippen molar-refractivity contribution in [1.82, 2.24) is 9.38 Å². The summed E-state index contributed by atoms with van der Waals surface area (Å²) in [7, 11) is 1.65. The molecule has 1 N–H and O–H groups in total. The van der Waals surface area contributed by atoms with E-state index >= 15 is 0 Å². The van der Waals surface area contributed by atoms with Crippen LogP contribution in [0, 0.1) is 6.92 Å². The van der Waals surface area contributed by atoms with Gasteiger partial charge in [0.05, 0.1) is 23.0 Å². The van der Waals surface area contributed by atoms with Crippen molar-refractivity contribution >= 4 is 49.7 Å². The molecule has 5 aromatic rings. The summed E-state index contributed by atoms with van der Waals surface area (Å²) in [6.45, 7) is 1.88. The lowest BCUT2D eigenvalue weighted by molar-refractivity contribution is 0.102. The van der Waals surface area contributed by atoms with Crippen LogP contribution >= 0.6 is 22.9 Å². The molecule has 0 aliphatic carbocycles. The Morgan fingerprint density at radius 3 is 2.71 bits per heavy atom. The summed E-state index contributed by atoms with van der Waals surface area (Å²) in [4.78, 5) is 18.4. The van der Waals surface area contributed by atoms with Crippen LogP contribution in [0.4, 0.5) is 5.69 Å². The van der Waals surface area contributed by atoms with Gasteiger partial charge in [-0.1, -0.05) is 29.0 Å². The van der Waals surface area contributed by atoms with Crippen molar-refractivity contribution in [2.75, 3.05) is 12.4 Å². The van der Waals surface area contributed by atoms with E-state index in [9.17, 15) is 4.79 Å². The number of benzene rings is 3. The predicted molar refractivity (Wildman–Crippen MR) is 127 cm³/mol. The van der Waals surface area contributed by atoms with E-state index in [2.05, 4.69) is 9.72 Å². The first kappa shape index (κ1) is 19.6. The summed E-state index contributed by atoms with van der Waals surface area (Å²) < 4.78 is 8.28. The van der Waals surface area contributed by atoms with Crippen LogP contribution in [0.25, 0.3) is 26.4 Å². The number of anilines is 1. The van der Waals surface area contributed by atoms with Crippen LogP contribution in [0.1, 0.15) is 15.9 Å². The number of imidazole rings is 1. The van der Waals surface area contributed by atoms with E-state index < -0.39 is 0 Å². The molecule has 1 amide bonds. The van der Waals surface area contributed by atoms with E-state index in [-0.39, 0.29) is 5.91 Å². The Morgan fingerprint density at radius 1 is 1.13 bits per heavy atom. The van der Waals surface area contributed by atoms with Gasteiger partial charge in [0.1, 0.15) is 5.75 Å². The highest BCUT2D eigenvalue weighted by Gasteiger charge is 2.14. The second kappa shape index (κ2) is 7.72. The van der Waals surface area contributed by atoms with Crippen LogP contribution in [-0.4, -0.2) is 22.4 Å². The maximum Gasteiger partial charge on any atom is 0.255 e. The Bertz CT molecular complexity index is 1440. The van der Waals surface area contributed by atoms with Crippen LogP contribution in [0.3, 0.4) is 0 Å². The molecule has 7 heteroatoms. The molecule has 0 aliphatic heterocycles. The van der Waals surface area contributed by atoms with Crippen molar-refractivity contribution in [2.45, 2.75) is 6.92 Å². The number of hydrogen-bond acceptors (Lipinski definition) is 4. The van der Waals surface area contributed by atoms with Gasteiger partial charge in [-0.25, -0.2) is 4.98 Å². The number of fused-ring (bicyclic) bond motifs is 3. The second-order valence-electron chi connectivity index (χ2n) is 7.16. The van der Waals surface area contributed by atoms with Crippen molar-refractivity contribution in [3.63, 3.8) is 0 Å². The van der Waals surface area contributed by atoms with Gasteiger partial charge < -0.3 is 10.1 Å². The molecular formula is C24H18ClN3O2S. The number of carbonyl (C=O) groups excluding carboxylic acids is 1. The highest BCUT2D eigenvalue weighted by atomic mass is 35.5. The van der Waals surface area contributed by atoms with Gasteiger partial charge in [0.15, 0.2) is 4.96 Å². The monoisotopic (exact) mass is 447 g/mol. The first-order valence-electron chi connectivity index (χ1n) is 9.66. The zero-order valence-electron chi connectivity index (χ0n) is 16.8. The van der Waals surface area contributed by atoms with Crippen molar-refractivity contribution in [1.29, 1.82) is 0 Å². The van der Waals surface area contributed by atoms with Crippen LogP contribution in [0.2, 0.25) is 5.02 Å². The molecule has 5 rings (SSSR count). The molecule has 0 spiro atoms. The van der Waals surface area contributed by atoms with E-state index in [0.29, 0.717) is 16.3 Å². The average Bonchev–Trinajstić information content (AvgIpc) is 3.34. The van der Waals surface area contributed by atoms with E-state index in [1.54, 1.807) is 24.5 Å². The van der Waals surface area contributed by atoms with Crippen LogP contribution in [0.15, 0.2) is 66.9 Å². The summed E-state index contributed by atoms with van der Waals surface area (Å²) in [6, 6.07) is 19.0. The minimum atomic E-state index is -0.169. The first-order chi connectivity index (χ1) is 15.0. The van der Waals surface area contributed by atoms with E-state index in [0.717, 1.165) is 37.7 Å². The first-order valence-corrected chi connectivity index (χ1v) is 10.9. The summed E-state index contributed by atoms with van der Waals surface area (Å²) in [5.74, 6) is 0.645. The molecule has 31 heavy (non-hydrogen) atoms. The van der Waals surface area contributed by atoms with E-state index in [1.807, 2.05) is 67.7 Å². The Balaban J connectivity index is 1.46. The summed E-state index contributed by atoms with van der Waals surface area (Å²) in [6.07, 6.45) is 2.02. The molecule has 0 fully saturated rings. The Morgan fingerprint density at radius 2 is 1.94 bits per heavy atom. The van der Waals surface area contributed by atoms with Gasteiger partial charge in [0.2, 0.25) is 0 Å². The van der Waals surface area contributed by atoms with Crippen molar-refractivity contribution in [2.24, 2.45) is 0 Å². The van der Waals surface area contributed by atoms with Crippen LogP contribution < -0.4 is 10.1 Å². The van der Waals surface area contributed by atoms with Crippen molar-refractivity contribution < 1.29 is 9.53 Å². The highest BCUT2D eigenvalue weighted by molar-refractivity contribution is 7.23. The van der Waals surface area contributed by atoms with Gasteiger partial charge in [-0.3, -0.25) is 9.20 Å². The second-order valence-corrected chi connectivity index (χ2v) is 8.57. The third-order valence-corrected chi connectivity index (χ3v) is 6.68. The standard InChI is InChI=1S/C24H18ClN3O2S/c1-14-18(25)4-3-5-19(14)26-23(29)16-8-11-21-22(12-16)31-24-27-20(13-28(21)24)15-6-9-17(30-2)10-7-15/h3-13H,1-2H3,(H,26,29). The highest BCUT2D eigenvalue weighted by Crippen LogP contribution is 2.31. The molecule has 0 aliphatic rings. The number of methoxy groups -OCH3 is 1. The molecule has 0 unspecified atom stereocenters. The molecular weight excluding hydrogens is 430 g/mol. The van der Waals surface area contributed by atoms with Gasteiger partial charge in [-0.15, -0.1) is 0 Å². The number of hydrogen-bond donors (Lipinski definition) is 1. The molecule has 0 bridgehead atoms. The van der Waals surface area contributed by atoms with Gasteiger partial charge >= 0.3 is 0 Å². The third-order valence-electron chi connectivity index (χ3n) is 5.26. The molecule has 0 saturated carbocycles. The normalized spacial score (nSPS) is 11.2. The summed E-state index contributed by atoms with van der Waals surface area (Å²) in [5.41, 5.74) is 5.09. The number of aromatic nitrogens is 2. The predicted octanol–water partition coefficient (Wildman–Crippen LogP) is 6.44. The lowest BCUT2D eigenvalue weighted by atomic mass is 10.1. The number of thiazole rings is 1. The Kier molecular flexibility index (Phi) is 4.88. The van der Waals surface area contributed by atoms with E-state index in [4.69, 9.17) is 21.3 Å². The molecule has 5 nitrogen and oxygen atoms in total. The van der Waals surface area contributed by atoms with Gasteiger partial charge in [0.25, 0.3) is 5.91 Å². The van der Waals surface area contributed by atoms with Crippen molar-refractivity contribution in [3.8, 4) is 17.0 Å². The molecule has 154 valence electrons. The number of nitrogens with one attached hydrogen (secondary N) is 1. The number of rotatable bonds is 4. The Hall–Kier alpha value is -3.35. The fraction of sp³-hybridized carbons (Fsp3) is 0.0833. The number of amides is 1. The van der Waals surface area contributed by atoms with E-state index in [1.165, 1.54) is 0 Å². The maximum absolute atomic E-state index is 12.8. The van der Waals surface area contributed by atoms with Gasteiger partial charge in [-0.2, -0.15) is 0 Å². The zero-order valence-corrected chi connectivity index (χ0v) is 18.4. The lowest BCUT2D eigenvalue weighted by Crippen LogP contribution is -2.12. The van der Waals surface area contributed by atoms with Gasteiger partial charge in [0, 0.05) is 28.0 Å². The molecule has 0 radical (unpaired) electrons. The van der Waals surface area contributed by atoms with Crippen molar-refractivity contribution in [3.05, 3.63) is 83.0 Å². The minimum Gasteiger partial charge on any atom is -0.497 e. The maximum atomic E-state index is 12.8. The minimum absolute atomic E-state index is 0.169. The zero-order chi connectivity index (χ0) is 21.5. The van der Waals surface area contributed by atoms with Gasteiger partial charge in [-0.05, 0) is 67.1 Å². The average molecular weight is 448 g/mol. The number of nitrogens with zero attached hydrogens (tertiary/aromatic N) is 2. The number of ether oxygens (including phenoxy) is 1. The largest absolute Gasteiger partial charge is 0.497 e. The molecule has 2 heterocycles. The Labute approximate surface area is 187 Å². The smallest absolute Gasteiger partial charge is 0.255 e. The molecule has 0 atom stereocenters. The number of halogens is 1. The van der Waals surface area contributed by atoms with Crippen LogP contribution in [-0.2, 0) is 0 Å². The SMILES string of the molecule is COc1ccc(-c2cn3c(n2)sc2cc(C(=O)Nc4cccc(Cl)c4C)ccc23)cc1. The third kappa shape index (κ3) is 3.54. The molecule has 3 aromatic carbocycles. The molecule has 0 saturated heterocycles. The lowest BCUT2D eigenvalue weighted by Gasteiger charge is -2.09. The fourth-order valence-electron chi connectivity index (χ4n) is 3.48. The fourth-order valence-corrected chi connectivity index (χ4v) is 4.70. The quantitative estimate of drug-likeness (QED) is 0.345. The molecule has 2 aromatic heterocycles. The summed E-state index contributed by atoms with van der Waals surface area (Å²) in [5, 5.41) is 3.57. The summed E-state index contributed by atoms with van der Waals surface area (Å²) >= 11 is 7.71.